The summed E-state index contributed by atoms with van der Waals surface area (Å²) in [4.78, 5) is 0. The van der Waals surface area contributed by atoms with Crippen LogP contribution in [-0.2, 0) is 32.7 Å². The van der Waals surface area contributed by atoms with E-state index in [9.17, 15) is 0 Å². The second-order valence-corrected chi connectivity index (χ2v) is 0. The largest absolute Gasteiger partial charge is 0.346 e. The van der Waals surface area contributed by atoms with Crippen LogP contribution in [0.1, 0.15) is 80.7 Å². The van der Waals surface area contributed by atoms with Gasteiger partial charge in [0.15, 0.2) is 0 Å². The van der Waals surface area contributed by atoms with E-state index in [1.807, 2.05) is 0 Å². The van der Waals surface area contributed by atoms with E-state index in [1.54, 1.807) is 13.8 Å². The van der Waals surface area contributed by atoms with Gasteiger partial charge in [0, 0.05) is 32.7 Å². The molecule has 0 saturated heterocycles. The third-order valence-electron chi connectivity index (χ3n) is 0. The van der Waals surface area contributed by atoms with E-state index in [2.05, 4.69) is 13.8 Å². The van der Waals surface area contributed by atoms with E-state index in [4.69, 9.17) is 0 Å². The Kier molecular flexibility index (Phi) is 44300. The fraction of sp³-hybridized carbons (Fsp3) is 0.846. The van der Waals surface area contributed by atoms with Gasteiger partial charge >= 0.3 is 0 Å². The molecule has 0 aliphatic rings. The number of hydrogen-bond donors (Lipinski definition) is 0. The minimum absolute atomic E-state index is 0. The fourth-order valence-corrected chi connectivity index (χ4v) is 0. The van der Waals surface area contributed by atoms with Crippen LogP contribution in [0.2, 0.25) is 0 Å². The molecule has 0 bridgehead atoms. The molecule has 0 spiro atoms. The van der Waals surface area contributed by atoms with Crippen LogP contribution in [0, 0.1) is 13.8 Å². The Morgan fingerprint density at radius 1 is 0.357 bits per heavy atom. The van der Waals surface area contributed by atoms with Crippen molar-refractivity contribution in [2.24, 2.45) is 0 Å². The topological polar surface area (TPSA) is 0 Å². The summed E-state index contributed by atoms with van der Waals surface area (Å²) in [6.07, 6.45) is 0. The summed E-state index contributed by atoms with van der Waals surface area (Å²) in [5.41, 5.74) is 0. The smallest absolute Gasteiger partial charge is 0 e. The predicted octanol–water partition coefficient (Wildman–Crippen LogP) is 7.40. The molecule has 103 valence electrons. The van der Waals surface area contributed by atoms with Crippen molar-refractivity contribution in [3.05, 3.63) is 13.8 Å². The van der Waals surface area contributed by atoms with Crippen LogP contribution in [0.3, 0.4) is 0 Å². The van der Waals surface area contributed by atoms with Gasteiger partial charge in [-0.3, -0.25) is 0 Å². The monoisotopic (exact) mass is 291 g/mol. The van der Waals surface area contributed by atoms with Crippen LogP contribution < -0.4 is 0 Å². The average molecular weight is 291 g/mol. The van der Waals surface area contributed by atoms with E-state index in [-0.39, 0.29) is 99.5 Å². The number of rotatable bonds is 0. The van der Waals surface area contributed by atoms with Gasteiger partial charge in [-0.25, -0.2) is 0 Å². The van der Waals surface area contributed by atoms with E-state index >= 15 is 0 Å². The van der Waals surface area contributed by atoms with Crippen LogP contribution in [0.15, 0.2) is 0 Å². The van der Waals surface area contributed by atoms with Gasteiger partial charge < -0.3 is 13.8 Å². The Balaban J connectivity index is -0.000000000333. The summed E-state index contributed by atoms with van der Waals surface area (Å²) in [6, 6.07) is 0. The molecule has 0 amide bonds. The normalized spacial score (nSPS) is 0.857. The van der Waals surface area contributed by atoms with Crippen LogP contribution in [0.4, 0.5) is 0 Å². The van der Waals surface area contributed by atoms with Gasteiger partial charge in [0.1, 0.15) is 0 Å². The van der Waals surface area contributed by atoms with Gasteiger partial charge in [0.05, 0.1) is 0 Å². The van der Waals surface area contributed by atoms with Crippen molar-refractivity contribution in [3.8, 4) is 0 Å². The van der Waals surface area contributed by atoms with Crippen LogP contribution in [-0.4, -0.2) is 0 Å². The SMILES string of the molecule is C.C.C.C.C.C.C.C.C.[CH2-]C.[CH2-]C.[Y]. The molecular weight excluding hydrogens is 245 g/mol. The third-order valence-corrected chi connectivity index (χ3v) is 0. The Hall–Kier alpha value is 1.10. The molecule has 0 atom stereocenters. The van der Waals surface area contributed by atoms with Crippen molar-refractivity contribution in [2.75, 3.05) is 0 Å². The van der Waals surface area contributed by atoms with Gasteiger partial charge in [0.2, 0.25) is 0 Å². The zero-order chi connectivity index (χ0) is 4.00. The predicted molar refractivity (Wildman–Crippen MR) is 82.6 cm³/mol. The molecule has 0 fully saturated rings. The summed E-state index contributed by atoms with van der Waals surface area (Å²) >= 11 is 0. The van der Waals surface area contributed by atoms with Gasteiger partial charge in [-0.2, -0.15) is 13.8 Å². The van der Waals surface area contributed by atoms with Crippen molar-refractivity contribution in [1.82, 2.24) is 0 Å². The minimum Gasteiger partial charge on any atom is -0.346 e. The molecule has 0 aliphatic heterocycles. The molecule has 1 heteroatoms. The second kappa shape index (κ2) is 1990. The van der Waals surface area contributed by atoms with Gasteiger partial charge in [-0.1, -0.05) is 66.8 Å². The number of hydrogen-bond acceptors (Lipinski definition) is 0. The molecule has 0 unspecified atom stereocenters. The molecule has 0 aromatic rings. The summed E-state index contributed by atoms with van der Waals surface area (Å²) in [7, 11) is 0. The minimum atomic E-state index is 0. The quantitative estimate of drug-likeness (QED) is 0.408. The van der Waals surface area contributed by atoms with Crippen molar-refractivity contribution in [1.29, 1.82) is 0 Å². The molecule has 0 rings (SSSR count). The van der Waals surface area contributed by atoms with Crippen molar-refractivity contribution < 1.29 is 32.7 Å². The maximum atomic E-state index is 3.25. The Bertz CT molecular complexity index is 5.20. The van der Waals surface area contributed by atoms with E-state index < -0.39 is 0 Å². The van der Waals surface area contributed by atoms with Crippen LogP contribution in [0.25, 0.3) is 0 Å². The molecule has 0 saturated carbocycles. The van der Waals surface area contributed by atoms with Gasteiger partial charge in [0.25, 0.3) is 0 Å². The zero-order valence-electron chi connectivity index (χ0n) is 3.99. The molecule has 0 N–H and O–H groups in total. The first kappa shape index (κ1) is 312. The van der Waals surface area contributed by atoms with Crippen molar-refractivity contribution in [3.63, 3.8) is 0 Å². The van der Waals surface area contributed by atoms with Crippen LogP contribution >= 0.6 is 0 Å². The first-order valence-electron chi connectivity index (χ1n) is 1.41. The zero-order valence-corrected chi connectivity index (χ0v) is 6.83. The fourth-order valence-electron chi connectivity index (χ4n) is 0. The Morgan fingerprint density at radius 2 is 0.357 bits per heavy atom. The van der Waals surface area contributed by atoms with E-state index in [0.29, 0.717) is 0 Å². The molecule has 0 aromatic carbocycles. The summed E-state index contributed by atoms with van der Waals surface area (Å²) in [5.74, 6) is 0. The van der Waals surface area contributed by atoms with E-state index in [0.717, 1.165) is 0 Å². The third kappa shape index (κ3) is 1580. The Labute approximate surface area is 127 Å². The summed E-state index contributed by atoms with van der Waals surface area (Å²) in [6.45, 7) is 10.0. The standard InChI is InChI=1S/2C2H5.9CH4.Y/c2*1-2;;;;;;;;;;/h2*1H2,2H3;9*1H4;/q2*-1;;;;;;;;;;. The van der Waals surface area contributed by atoms with E-state index in [1.165, 1.54) is 0 Å². The summed E-state index contributed by atoms with van der Waals surface area (Å²) in [5, 5.41) is 0. The first-order valence-corrected chi connectivity index (χ1v) is 1.41. The van der Waals surface area contributed by atoms with Crippen LogP contribution in [0.5, 0.6) is 0 Å². The van der Waals surface area contributed by atoms with Gasteiger partial charge in [-0.15, -0.1) is 0 Å². The average Bonchev–Trinajstić information content (AvgIpc) is 1.50. The molecular formula is C13H46Y-2. The van der Waals surface area contributed by atoms with Crippen molar-refractivity contribution >= 4 is 0 Å². The van der Waals surface area contributed by atoms with Crippen molar-refractivity contribution in [2.45, 2.75) is 80.7 Å². The Morgan fingerprint density at radius 3 is 0.357 bits per heavy atom. The first-order chi connectivity index (χ1) is 2.00. The molecule has 0 aromatic heterocycles. The molecule has 0 aliphatic carbocycles. The molecule has 0 heterocycles. The maximum Gasteiger partial charge on any atom is 0 e. The molecule has 1 radical (unpaired) electrons. The molecule has 0 nitrogen and oxygen atoms in total. The second-order valence-electron chi connectivity index (χ2n) is 0. The molecule has 14 heavy (non-hydrogen) atoms. The maximum absolute atomic E-state index is 3.25. The van der Waals surface area contributed by atoms with Gasteiger partial charge in [-0.05, 0) is 0 Å². The summed E-state index contributed by atoms with van der Waals surface area (Å²) < 4.78 is 0.